The van der Waals surface area contributed by atoms with Crippen LogP contribution in [0.25, 0.3) is 5.57 Å². The van der Waals surface area contributed by atoms with E-state index in [2.05, 4.69) is 10.3 Å². The van der Waals surface area contributed by atoms with E-state index in [0.717, 1.165) is 24.3 Å². The Kier molecular flexibility index (Phi) is 6.91. The molecule has 11 heteroatoms. The molecule has 0 saturated carbocycles. The van der Waals surface area contributed by atoms with Gasteiger partial charge in [0.15, 0.2) is 0 Å². The minimum absolute atomic E-state index is 0.0348. The molecule has 0 atom stereocenters. The van der Waals surface area contributed by atoms with Gasteiger partial charge in [0.05, 0.1) is 17.7 Å². The van der Waals surface area contributed by atoms with Gasteiger partial charge in [-0.1, -0.05) is 6.07 Å². The van der Waals surface area contributed by atoms with Crippen molar-refractivity contribution in [3.63, 3.8) is 0 Å². The third kappa shape index (κ3) is 6.15. The number of rotatable bonds is 4. The highest BCUT2D eigenvalue weighted by Gasteiger charge is 2.32. The van der Waals surface area contributed by atoms with Crippen LogP contribution >= 0.6 is 0 Å². The van der Waals surface area contributed by atoms with Crippen molar-refractivity contribution in [1.82, 2.24) is 4.98 Å². The fourth-order valence-corrected chi connectivity index (χ4v) is 3.48. The molecule has 0 saturated heterocycles. The molecule has 0 unspecified atom stereocenters. The molecule has 2 aromatic carbocycles. The molecule has 1 aromatic heterocycles. The summed E-state index contributed by atoms with van der Waals surface area (Å²) in [5.41, 5.74) is -0.362. The van der Waals surface area contributed by atoms with Gasteiger partial charge in [0, 0.05) is 29.6 Å². The number of halogens is 6. The minimum Gasteiger partial charge on any atom is -0.493 e. The van der Waals surface area contributed by atoms with Crippen LogP contribution in [0.3, 0.4) is 0 Å². The molecule has 0 aliphatic carbocycles. The molecule has 188 valence electrons. The Balaban J connectivity index is 1.43. The Hall–Kier alpha value is -4.02. The predicted molar refractivity (Wildman–Crippen MR) is 119 cm³/mol. The predicted octanol–water partition coefficient (Wildman–Crippen LogP) is 7.11. The van der Waals surface area contributed by atoms with Crippen molar-refractivity contribution in [2.45, 2.75) is 25.2 Å². The average Bonchev–Trinajstić information content (AvgIpc) is 3.01. The van der Waals surface area contributed by atoms with Crippen molar-refractivity contribution >= 4 is 17.2 Å². The minimum atomic E-state index is -4.51. The molecule has 0 spiro atoms. The second-order valence-corrected chi connectivity index (χ2v) is 7.83. The molecule has 0 bridgehead atoms. The maximum atomic E-state index is 13.0. The van der Waals surface area contributed by atoms with Gasteiger partial charge in [-0.15, -0.1) is 0 Å². The van der Waals surface area contributed by atoms with Crippen LogP contribution in [-0.4, -0.2) is 17.5 Å². The van der Waals surface area contributed by atoms with E-state index in [1.807, 2.05) is 0 Å². The van der Waals surface area contributed by atoms with Crippen LogP contribution in [0.15, 0.2) is 66.9 Å². The quantitative estimate of drug-likeness (QED) is 0.302. The third-order valence-corrected chi connectivity index (χ3v) is 5.22. The van der Waals surface area contributed by atoms with Crippen LogP contribution in [0.2, 0.25) is 0 Å². The van der Waals surface area contributed by atoms with E-state index in [1.165, 1.54) is 36.4 Å². The summed E-state index contributed by atoms with van der Waals surface area (Å²) in [5, 5.41) is 2.66. The molecule has 1 N–H and O–H groups in total. The maximum Gasteiger partial charge on any atom is 0.417 e. The summed E-state index contributed by atoms with van der Waals surface area (Å²) >= 11 is 0. The zero-order valence-corrected chi connectivity index (χ0v) is 18.4. The lowest BCUT2D eigenvalue weighted by Gasteiger charge is -2.13. The zero-order chi connectivity index (χ0) is 25.9. The zero-order valence-electron chi connectivity index (χ0n) is 18.4. The SMILES string of the molecule is O=C(/C=C1\CCCOc2cc(C(F)(F)F)ccc21)Nc1ccc(Oc2ccc(C(F)(F)F)cn2)cc1. The molecule has 5 nitrogen and oxygen atoms in total. The van der Waals surface area contributed by atoms with E-state index in [0.29, 0.717) is 35.9 Å². The van der Waals surface area contributed by atoms with Gasteiger partial charge in [0.1, 0.15) is 11.5 Å². The highest BCUT2D eigenvalue weighted by atomic mass is 19.4. The van der Waals surface area contributed by atoms with Crippen LogP contribution in [0.1, 0.15) is 29.5 Å². The maximum absolute atomic E-state index is 13.0. The monoisotopic (exact) mass is 508 g/mol. The van der Waals surface area contributed by atoms with Crippen molar-refractivity contribution in [3.05, 3.63) is 83.6 Å². The summed E-state index contributed by atoms with van der Waals surface area (Å²) < 4.78 is 87.8. The number of carbonyl (C=O) groups excluding carboxylic acids is 1. The second-order valence-electron chi connectivity index (χ2n) is 7.83. The number of pyridine rings is 1. The van der Waals surface area contributed by atoms with Crippen LogP contribution in [0, 0.1) is 0 Å². The standard InChI is InChI=1S/C25H18F6N2O3/c26-24(27,28)16-3-9-20-15(2-1-11-35-21(20)13-16)12-22(34)33-18-5-7-19(8-6-18)36-23-10-4-17(14-32-23)25(29,30)31/h3-10,12-14H,1-2,11H2,(H,33,34)/b15-12+. The van der Waals surface area contributed by atoms with Crippen LogP contribution in [0.4, 0.5) is 32.0 Å². The van der Waals surface area contributed by atoms with Gasteiger partial charge in [-0.25, -0.2) is 4.98 Å². The average molecular weight is 508 g/mol. The van der Waals surface area contributed by atoms with Crippen molar-refractivity contribution in [3.8, 4) is 17.4 Å². The Bertz CT molecular complexity index is 1270. The Labute approximate surface area is 201 Å². The molecular weight excluding hydrogens is 490 g/mol. The first kappa shape index (κ1) is 25.1. The summed E-state index contributed by atoms with van der Waals surface area (Å²) in [7, 11) is 0. The van der Waals surface area contributed by atoms with E-state index >= 15 is 0 Å². The Morgan fingerprint density at radius 1 is 0.944 bits per heavy atom. The number of hydrogen-bond acceptors (Lipinski definition) is 4. The van der Waals surface area contributed by atoms with E-state index in [4.69, 9.17) is 9.47 Å². The van der Waals surface area contributed by atoms with Gasteiger partial charge in [-0.2, -0.15) is 26.3 Å². The van der Waals surface area contributed by atoms with Gasteiger partial charge in [0.25, 0.3) is 0 Å². The third-order valence-electron chi connectivity index (χ3n) is 5.22. The lowest BCUT2D eigenvalue weighted by atomic mass is 9.99. The normalized spacial score (nSPS) is 15.0. The summed E-state index contributed by atoms with van der Waals surface area (Å²) in [5.74, 6) is -0.169. The molecule has 1 amide bonds. The number of ether oxygens (including phenoxy) is 2. The number of allylic oxidation sites excluding steroid dienone is 1. The molecular formula is C25H18F6N2O3. The molecule has 3 aromatic rings. The highest BCUT2D eigenvalue weighted by Crippen LogP contribution is 2.38. The number of fused-ring (bicyclic) bond motifs is 1. The molecule has 1 aliphatic rings. The van der Waals surface area contributed by atoms with Gasteiger partial charge < -0.3 is 14.8 Å². The van der Waals surface area contributed by atoms with Gasteiger partial charge in [-0.05, 0) is 60.9 Å². The van der Waals surface area contributed by atoms with Gasteiger partial charge in [-0.3, -0.25) is 4.79 Å². The van der Waals surface area contributed by atoms with E-state index < -0.39 is 29.4 Å². The van der Waals surface area contributed by atoms with Gasteiger partial charge in [0.2, 0.25) is 11.8 Å². The summed E-state index contributed by atoms with van der Waals surface area (Å²) in [6.45, 7) is 0.225. The lowest BCUT2D eigenvalue weighted by Crippen LogP contribution is -2.09. The number of alkyl halides is 6. The Morgan fingerprint density at radius 3 is 2.28 bits per heavy atom. The Morgan fingerprint density at radius 2 is 1.64 bits per heavy atom. The summed E-state index contributed by atoms with van der Waals surface area (Å²) in [6.07, 6.45) is -6.06. The largest absolute Gasteiger partial charge is 0.493 e. The molecule has 0 fully saturated rings. The van der Waals surface area contributed by atoms with Crippen LogP contribution in [0.5, 0.6) is 17.4 Å². The number of amides is 1. The van der Waals surface area contributed by atoms with Crippen molar-refractivity contribution < 1.29 is 40.6 Å². The van der Waals surface area contributed by atoms with Crippen LogP contribution in [-0.2, 0) is 17.1 Å². The number of carbonyl (C=O) groups is 1. The number of hydrogen-bond donors (Lipinski definition) is 1. The number of nitrogens with zero attached hydrogens (tertiary/aromatic N) is 1. The molecule has 4 rings (SSSR count). The van der Waals surface area contributed by atoms with Gasteiger partial charge >= 0.3 is 12.4 Å². The first-order valence-electron chi connectivity index (χ1n) is 10.7. The van der Waals surface area contributed by atoms with Crippen molar-refractivity contribution in [2.75, 3.05) is 11.9 Å². The number of anilines is 1. The van der Waals surface area contributed by atoms with E-state index in [1.54, 1.807) is 0 Å². The van der Waals surface area contributed by atoms with E-state index in [9.17, 15) is 31.1 Å². The molecule has 0 radical (unpaired) electrons. The first-order valence-corrected chi connectivity index (χ1v) is 10.7. The van der Waals surface area contributed by atoms with Crippen LogP contribution < -0.4 is 14.8 Å². The lowest BCUT2D eigenvalue weighted by molar-refractivity contribution is -0.138. The number of aromatic nitrogens is 1. The first-order chi connectivity index (χ1) is 17.0. The molecule has 2 heterocycles. The highest BCUT2D eigenvalue weighted by molar-refractivity contribution is 6.04. The fourth-order valence-electron chi connectivity index (χ4n) is 3.48. The smallest absolute Gasteiger partial charge is 0.417 e. The van der Waals surface area contributed by atoms with E-state index in [-0.39, 0.29) is 24.0 Å². The summed E-state index contributed by atoms with van der Waals surface area (Å²) in [4.78, 5) is 16.2. The van der Waals surface area contributed by atoms with Crippen molar-refractivity contribution in [1.29, 1.82) is 0 Å². The summed E-state index contributed by atoms with van der Waals surface area (Å²) in [6, 6.07) is 11.2. The topological polar surface area (TPSA) is 60.5 Å². The number of benzene rings is 2. The molecule has 36 heavy (non-hydrogen) atoms. The number of nitrogens with one attached hydrogen (secondary N) is 1. The van der Waals surface area contributed by atoms with Crippen molar-refractivity contribution in [2.24, 2.45) is 0 Å². The second kappa shape index (κ2) is 9.92. The fraction of sp³-hybridized carbons (Fsp3) is 0.200. The molecule has 1 aliphatic heterocycles.